The van der Waals surface area contributed by atoms with Crippen LogP contribution in [0.25, 0.3) is 0 Å². The Morgan fingerprint density at radius 2 is 1.76 bits per heavy atom. The van der Waals surface area contributed by atoms with Gasteiger partial charge >= 0.3 is 0 Å². The van der Waals surface area contributed by atoms with Gasteiger partial charge < -0.3 is 5.32 Å². The van der Waals surface area contributed by atoms with E-state index in [0.717, 1.165) is 43.8 Å². The Morgan fingerprint density at radius 1 is 1.03 bits per heavy atom. The number of rotatable bonds is 5. The number of carbonyl (C=O) groups is 1. The van der Waals surface area contributed by atoms with E-state index in [4.69, 9.17) is 11.6 Å². The molecule has 3 nitrogen and oxygen atoms in total. The minimum absolute atomic E-state index is 0.106. The molecule has 0 aromatic heterocycles. The average molecular weight is 415 g/mol. The first kappa shape index (κ1) is 20.4. The molecule has 0 spiro atoms. The van der Waals surface area contributed by atoms with Crippen molar-refractivity contribution in [1.82, 2.24) is 10.2 Å². The van der Waals surface area contributed by atoms with Gasteiger partial charge in [-0.1, -0.05) is 35.9 Å². The Kier molecular flexibility index (Phi) is 6.51. The van der Waals surface area contributed by atoms with Crippen molar-refractivity contribution in [1.29, 1.82) is 0 Å². The van der Waals surface area contributed by atoms with E-state index < -0.39 is 5.82 Å². The molecule has 1 saturated heterocycles. The van der Waals surface area contributed by atoms with Crippen molar-refractivity contribution in [3.05, 3.63) is 70.5 Å². The van der Waals surface area contributed by atoms with Gasteiger partial charge in [-0.3, -0.25) is 9.69 Å². The maximum absolute atomic E-state index is 13.9. The second-order valence-corrected chi connectivity index (χ2v) is 8.80. The molecule has 2 aromatic rings. The highest BCUT2D eigenvalue weighted by Crippen LogP contribution is 2.30. The molecule has 154 valence electrons. The molecule has 1 aliphatic heterocycles. The first-order valence-corrected chi connectivity index (χ1v) is 11.0. The molecule has 1 N–H and O–H groups in total. The number of carbonyl (C=O) groups excluding carboxylic acids is 1. The minimum atomic E-state index is -0.456. The highest BCUT2D eigenvalue weighted by molar-refractivity contribution is 6.30. The van der Waals surface area contributed by atoms with Gasteiger partial charge in [0.1, 0.15) is 5.82 Å². The maximum atomic E-state index is 13.9. The zero-order chi connectivity index (χ0) is 20.2. The Morgan fingerprint density at radius 3 is 2.48 bits per heavy atom. The maximum Gasteiger partial charge on any atom is 0.254 e. The predicted molar refractivity (Wildman–Crippen MR) is 115 cm³/mol. The van der Waals surface area contributed by atoms with Crippen LogP contribution in [0.2, 0.25) is 5.02 Å². The van der Waals surface area contributed by atoms with Gasteiger partial charge in [0.15, 0.2) is 0 Å². The van der Waals surface area contributed by atoms with Crippen LogP contribution >= 0.6 is 11.6 Å². The lowest BCUT2D eigenvalue weighted by molar-refractivity contribution is 0.0858. The molecule has 5 heteroatoms. The molecule has 2 unspecified atom stereocenters. The number of nitrogens with one attached hydrogen (secondary N) is 1. The summed E-state index contributed by atoms with van der Waals surface area (Å²) in [7, 11) is 0. The number of likely N-dealkylation sites (tertiary alicyclic amines) is 1. The van der Waals surface area contributed by atoms with E-state index in [1.807, 2.05) is 12.1 Å². The van der Waals surface area contributed by atoms with Crippen LogP contribution in [0.1, 0.15) is 48.0 Å². The summed E-state index contributed by atoms with van der Waals surface area (Å²) in [5, 5.41) is 3.89. The number of amides is 1. The third kappa shape index (κ3) is 4.99. The Bertz CT molecular complexity index is 833. The van der Waals surface area contributed by atoms with Crippen LogP contribution in [0.4, 0.5) is 4.39 Å². The largest absolute Gasteiger partial charge is 0.348 e. The molecule has 1 aliphatic carbocycles. The monoisotopic (exact) mass is 414 g/mol. The highest BCUT2D eigenvalue weighted by atomic mass is 35.5. The highest BCUT2D eigenvalue weighted by Gasteiger charge is 2.35. The van der Waals surface area contributed by atoms with E-state index in [0.29, 0.717) is 12.0 Å². The van der Waals surface area contributed by atoms with Gasteiger partial charge in [0.05, 0.1) is 5.56 Å². The van der Waals surface area contributed by atoms with Crippen molar-refractivity contribution in [2.45, 2.75) is 50.6 Å². The lowest BCUT2D eigenvalue weighted by atomic mass is 9.89. The van der Waals surface area contributed by atoms with Crippen molar-refractivity contribution in [2.75, 3.05) is 13.1 Å². The second-order valence-electron chi connectivity index (χ2n) is 8.37. The smallest absolute Gasteiger partial charge is 0.254 e. The van der Waals surface area contributed by atoms with E-state index >= 15 is 0 Å². The van der Waals surface area contributed by atoms with Crippen LogP contribution < -0.4 is 5.32 Å². The minimum Gasteiger partial charge on any atom is -0.348 e. The van der Waals surface area contributed by atoms with Crippen LogP contribution in [0.15, 0.2) is 48.5 Å². The van der Waals surface area contributed by atoms with Crippen LogP contribution in [-0.2, 0) is 6.42 Å². The van der Waals surface area contributed by atoms with Gasteiger partial charge in [0, 0.05) is 17.1 Å². The number of piperidine rings is 1. The molecule has 4 rings (SSSR count). The molecule has 0 bridgehead atoms. The van der Waals surface area contributed by atoms with E-state index in [1.54, 1.807) is 18.2 Å². The third-order valence-corrected chi connectivity index (χ3v) is 6.72. The molecule has 29 heavy (non-hydrogen) atoms. The van der Waals surface area contributed by atoms with E-state index in [-0.39, 0.29) is 17.5 Å². The summed E-state index contributed by atoms with van der Waals surface area (Å²) in [6, 6.07) is 14.9. The molecular weight excluding hydrogens is 387 g/mol. The van der Waals surface area contributed by atoms with E-state index in [9.17, 15) is 9.18 Å². The first-order valence-electron chi connectivity index (χ1n) is 10.6. The lowest BCUT2D eigenvalue weighted by Gasteiger charge is -2.38. The topological polar surface area (TPSA) is 32.3 Å². The fraction of sp³-hybridized carbons (Fsp3) is 0.458. The first-order chi connectivity index (χ1) is 14.1. The average Bonchev–Trinajstić information content (AvgIpc) is 3.18. The molecule has 1 saturated carbocycles. The zero-order valence-corrected chi connectivity index (χ0v) is 17.4. The number of hydrogen-bond acceptors (Lipinski definition) is 2. The second kappa shape index (κ2) is 9.27. The summed E-state index contributed by atoms with van der Waals surface area (Å²) in [6.45, 7) is 2.13. The van der Waals surface area contributed by atoms with E-state index in [1.165, 1.54) is 24.5 Å². The van der Waals surface area contributed by atoms with Gasteiger partial charge in [0.2, 0.25) is 0 Å². The van der Waals surface area contributed by atoms with Gasteiger partial charge in [-0.15, -0.1) is 0 Å². The fourth-order valence-electron chi connectivity index (χ4n) is 4.88. The normalized spacial score (nSPS) is 23.2. The molecule has 2 aromatic carbocycles. The molecule has 2 aliphatic rings. The summed E-state index contributed by atoms with van der Waals surface area (Å²) in [5.41, 5.74) is 1.49. The van der Waals surface area contributed by atoms with Gasteiger partial charge in [-0.05, 0) is 87.4 Å². The Labute approximate surface area is 177 Å². The predicted octanol–water partition coefficient (Wildman–Crippen LogP) is 5.08. The fourth-order valence-corrected chi connectivity index (χ4v) is 5.01. The van der Waals surface area contributed by atoms with Crippen LogP contribution in [0.3, 0.4) is 0 Å². The van der Waals surface area contributed by atoms with Crippen LogP contribution in [0, 0.1) is 11.7 Å². The van der Waals surface area contributed by atoms with Gasteiger partial charge in [0.25, 0.3) is 5.91 Å². The molecule has 1 heterocycles. The summed E-state index contributed by atoms with van der Waals surface area (Å²) in [4.78, 5) is 15.1. The summed E-state index contributed by atoms with van der Waals surface area (Å²) < 4.78 is 13.9. The number of benzene rings is 2. The van der Waals surface area contributed by atoms with Crippen molar-refractivity contribution in [3.63, 3.8) is 0 Å². The third-order valence-electron chi connectivity index (χ3n) is 6.47. The van der Waals surface area contributed by atoms with Crippen LogP contribution in [0.5, 0.6) is 0 Å². The van der Waals surface area contributed by atoms with Gasteiger partial charge in [-0.25, -0.2) is 4.39 Å². The summed E-state index contributed by atoms with van der Waals surface area (Å²) >= 11 is 5.99. The van der Waals surface area contributed by atoms with E-state index in [2.05, 4.69) is 22.3 Å². The van der Waals surface area contributed by atoms with Crippen molar-refractivity contribution in [3.8, 4) is 0 Å². The van der Waals surface area contributed by atoms with Crippen LogP contribution in [-0.4, -0.2) is 36.0 Å². The van der Waals surface area contributed by atoms with Crippen molar-refractivity contribution >= 4 is 17.5 Å². The SMILES string of the molecule is O=C(NC1CCCC1N1CCC(Cc2ccc(Cl)cc2)CC1)c1ccccc1F. The number of nitrogens with zero attached hydrogens (tertiary/aromatic N) is 1. The number of hydrogen-bond donors (Lipinski definition) is 1. The molecular formula is C24H28ClFN2O. The summed E-state index contributed by atoms with van der Waals surface area (Å²) in [6.07, 6.45) is 6.63. The van der Waals surface area contributed by atoms with Gasteiger partial charge in [-0.2, -0.15) is 0 Å². The Balaban J connectivity index is 1.31. The summed E-state index contributed by atoms with van der Waals surface area (Å²) in [5.74, 6) is -0.0551. The Hall–Kier alpha value is -1.91. The lowest BCUT2D eigenvalue weighted by Crippen LogP contribution is -2.51. The standard InChI is InChI=1S/C24H28ClFN2O/c25-19-10-8-17(9-11-19)16-18-12-14-28(15-13-18)23-7-3-6-22(23)27-24(29)20-4-1-2-5-21(20)26/h1-2,4-5,8-11,18,22-23H,3,6-7,12-16H2,(H,27,29). The zero-order valence-electron chi connectivity index (χ0n) is 16.6. The molecule has 2 atom stereocenters. The number of halogens is 2. The molecule has 1 amide bonds. The van der Waals surface area contributed by atoms with Crippen molar-refractivity contribution in [2.24, 2.45) is 5.92 Å². The molecule has 0 radical (unpaired) electrons. The van der Waals surface area contributed by atoms with Crippen molar-refractivity contribution < 1.29 is 9.18 Å². The molecule has 2 fully saturated rings. The quantitative estimate of drug-likeness (QED) is 0.739.